The predicted octanol–water partition coefficient (Wildman–Crippen LogP) is 5.29. The van der Waals surface area contributed by atoms with Gasteiger partial charge < -0.3 is 10.1 Å². The number of benzene rings is 2. The van der Waals surface area contributed by atoms with Crippen molar-refractivity contribution in [2.45, 2.75) is 68.0 Å². The zero-order valence-electron chi connectivity index (χ0n) is 22.1. The molecule has 7 nitrogen and oxygen atoms in total. The van der Waals surface area contributed by atoms with E-state index >= 15 is 0 Å². The highest BCUT2D eigenvalue weighted by Gasteiger charge is 2.38. The molecule has 10 heteroatoms. The van der Waals surface area contributed by atoms with Gasteiger partial charge in [-0.2, -0.15) is 4.31 Å². The van der Waals surface area contributed by atoms with Gasteiger partial charge in [0.15, 0.2) is 0 Å². The van der Waals surface area contributed by atoms with E-state index in [1.165, 1.54) is 28.1 Å². The van der Waals surface area contributed by atoms with Gasteiger partial charge in [0.05, 0.1) is 28.2 Å². The summed E-state index contributed by atoms with van der Waals surface area (Å²) in [6.45, 7) is 3.83. The lowest BCUT2D eigenvalue weighted by Crippen LogP contribution is -2.45. The van der Waals surface area contributed by atoms with Crippen LogP contribution in [-0.2, 0) is 19.6 Å². The lowest BCUT2D eigenvalue weighted by molar-refractivity contribution is -0.122. The minimum absolute atomic E-state index is 0.0764. The Bertz CT molecular complexity index is 1230. The molecule has 5 rings (SSSR count). The summed E-state index contributed by atoms with van der Waals surface area (Å²) in [7, 11) is -3.76. The average Bonchev–Trinajstić information content (AvgIpc) is 3.41. The molecule has 212 valence electrons. The summed E-state index contributed by atoms with van der Waals surface area (Å²) in [4.78, 5) is 15.7. The molecule has 3 aliphatic rings. The topological polar surface area (TPSA) is 79.0 Å². The van der Waals surface area contributed by atoms with E-state index in [9.17, 15) is 13.2 Å². The van der Waals surface area contributed by atoms with Gasteiger partial charge in [-0.15, -0.1) is 0 Å². The molecule has 0 radical (unpaired) electrons. The number of rotatable bonds is 8. The molecule has 0 spiro atoms. The monoisotopic (exact) mass is 593 g/mol. The summed E-state index contributed by atoms with van der Waals surface area (Å²) in [5, 5.41) is 3.73. The van der Waals surface area contributed by atoms with Crippen LogP contribution in [0, 0.1) is 5.92 Å². The molecule has 2 aromatic rings. The van der Waals surface area contributed by atoms with Crippen LogP contribution in [-0.4, -0.2) is 68.5 Å². The van der Waals surface area contributed by atoms with E-state index in [0.29, 0.717) is 29.9 Å². The number of hydrogen-bond donors (Lipinski definition) is 1. The summed E-state index contributed by atoms with van der Waals surface area (Å²) in [6, 6.07) is 15.2. The third-order valence-electron chi connectivity index (χ3n) is 8.41. The second-order valence-electron chi connectivity index (χ2n) is 10.9. The highest BCUT2D eigenvalue weighted by molar-refractivity contribution is 7.89. The molecular formula is C29H37Cl2N3O4S. The van der Waals surface area contributed by atoms with Gasteiger partial charge in [-0.25, -0.2) is 8.42 Å². The molecule has 1 aliphatic carbocycles. The Hall–Kier alpha value is -1.68. The van der Waals surface area contributed by atoms with Gasteiger partial charge in [0.1, 0.15) is 0 Å². The SMILES string of the molecule is O=C(CC1CCCN1S(=O)(=O)c1ccc(Cl)c(Cl)c1)NC1CCC(C(c2ccccc2)N2CCOCC2)CC1. The summed E-state index contributed by atoms with van der Waals surface area (Å²) < 4.78 is 33.7. The van der Waals surface area contributed by atoms with Crippen molar-refractivity contribution in [1.82, 2.24) is 14.5 Å². The summed E-state index contributed by atoms with van der Waals surface area (Å²) in [5.41, 5.74) is 1.36. The number of hydrogen-bond acceptors (Lipinski definition) is 5. The Morgan fingerprint density at radius 2 is 1.67 bits per heavy atom. The Balaban J connectivity index is 1.17. The average molecular weight is 595 g/mol. The second-order valence-corrected chi connectivity index (χ2v) is 13.6. The number of ether oxygens (including phenoxy) is 1. The van der Waals surface area contributed by atoms with Gasteiger partial charge in [0.25, 0.3) is 0 Å². The molecular weight excluding hydrogens is 557 g/mol. The number of halogens is 2. The van der Waals surface area contributed by atoms with E-state index in [-0.39, 0.29) is 34.3 Å². The van der Waals surface area contributed by atoms with Crippen molar-refractivity contribution in [1.29, 1.82) is 0 Å². The molecule has 2 aliphatic heterocycles. The number of morpholine rings is 1. The molecule has 2 unspecified atom stereocenters. The fourth-order valence-corrected chi connectivity index (χ4v) is 8.55. The highest BCUT2D eigenvalue weighted by atomic mass is 35.5. The van der Waals surface area contributed by atoms with Gasteiger partial charge in [-0.1, -0.05) is 53.5 Å². The van der Waals surface area contributed by atoms with Crippen LogP contribution in [0.5, 0.6) is 0 Å². The van der Waals surface area contributed by atoms with E-state index in [1.807, 2.05) is 0 Å². The fraction of sp³-hybridized carbons (Fsp3) is 0.552. The molecule has 2 aromatic carbocycles. The Morgan fingerprint density at radius 1 is 0.949 bits per heavy atom. The van der Waals surface area contributed by atoms with Crippen LogP contribution < -0.4 is 5.32 Å². The first-order valence-electron chi connectivity index (χ1n) is 14.0. The van der Waals surface area contributed by atoms with Crippen molar-refractivity contribution in [3.05, 3.63) is 64.1 Å². The van der Waals surface area contributed by atoms with E-state index in [4.69, 9.17) is 27.9 Å². The van der Waals surface area contributed by atoms with E-state index in [2.05, 4.69) is 40.5 Å². The summed E-state index contributed by atoms with van der Waals surface area (Å²) >= 11 is 12.1. The van der Waals surface area contributed by atoms with Crippen molar-refractivity contribution in [3.63, 3.8) is 0 Å². The normalized spacial score (nSPS) is 25.8. The first-order valence-corrected chi connectivity index (χ1v) is 16.2. The third kappa shape index (κ3) is 6.80. The molecule has 2 saturated heterocycles. The lowest BCUT2D eigenvalue weighted by atomic mass is 9.78. The van der Waals surface area contributed by atoms with Crippen molar-refractivity contribution in [2.75, 3.05) is 32.8 Å². The van der Waals surface area contributed by atoms with Crippen molar-refractivity contribution in [2.24, 2.45) is 5.92 Å². The van der Waals surface area contributed by atoms with Gasteiger partial charge in [0, 0.05) is 44.2 Å². The standard InChI is InChI=1S/C29H37Cl2N3O4S/c30-26-13-12-25(20-27(26)31)39(36,37)34-14-4-7-24(34)19-28(35)32-23-10-8-22(9-11-23)29(21-5-2-1-3-6-21)33-15-17-38-18-16-33/h1-3,5-6,12-13,20,22-24,29H,4,7-11,14-19H2,(H,32,35). The zero-order chi connectivity index (χ0) is 27.4. The lowest BCUT2D eigenvalue weighted by Gasteiger charge is -2.42. The third-order valence-corrected chi connectivity index (χ3v) is 11.1. The number of carbonyl (C=O) groups excluding carboxylic acids is 1. The first kappa shape index (κ1) is 28.8. The summed E-state index contributed by atoms with van der Waals surface area (Å²) in [6.07, 6.45) is 5.51. The molecule has 1 saturated carbocycles. The quantitative estimate of drug-likeness (QED) is 0.450. The van der Waals surface area contributed by atoms with E-state index in [1.54, 1.807) is 0 Å². The summed E-state index contributed by atoms with van der Waals surface area (Å²) in [5.74, 6) is 0.452. The number of nitrogens with one attached hydrogen (secondary N) is 1. The molecule has 0 bridgehead atoms. The fourth-order valence-electron chi connectivity index (χ4n) is 6.47. The maximum absolute atomic E-state index is 13.3. The number of sulfonamides is 1. The van der Waals surface area contributed by atoms with Crippen molar-refractivity contribution < 1.29 is 17.9 Å². The molecule has 1 N–H and O–H groups in total. The van der Waals surface area contributed by atoms with Crippen LogP contribution in [0.4, 0.5) is 0 Å². The molecule has 0 aromatic heterocycles. The van der Waals surface area contributed by atoms with Crippen LogP contribution in [0.25, 0.3) is 0 Å². The smallest absolute Gasteiger partial charge is 0.243 e. The molecule has 2 atom stereocenters. The maximum Gasteiger partial charge on any atom is 0.243 e. The van der Waals surface area contributed by atoms with E-state index < -0.39 is 10.0 Å². The molecule has 39 heavy (non-hydrogen) atoms. The predicted molar refractivity (Wildman–Crippen MR) is 153 cm³/mol. The van der Waals surface area contributed by atoms with Gasteiger partial charge in [-0.05, 0) is 68.2 Å². The van der Waals surface area contributed by atoms with Gasteiger partial charge in [-0.3, -0.25) is 9.69 Å². The maximum atomic E-state index is 13.3. The number of carbonyl (C=O) groups is 1. The van der Waals surface area contributed by atoms with Crippen molar-refractivity contribution >= 4 is 39.1 Å². The highest BCUT2D eigenvalue weighted by Crippen LogP contribution is 2.39. The van der Waals surface area contributed by atoms with Crippen LogP contribution in [0.15, 0.2) is 53.4 Å². The minimum atomic E-state index is -3.76. The largest absolute Gasteiger partial charge is 0.379 e. The zero-order valence-corrected chi connectivity index (χ0v) is 24.4. The van der Waals surface area contributed by atoms with Crippen molar-refractivity contribution in [3.8, 4) is 0 Å². The number of amides is 1. The molecule has 3 fully saturated rings. The van der Waals surface area contributed by atoms with Gasteiger partial charge >= 0.3 is 0 Å². The number of nitrogens with zero attached hydrogens (tertiary/aromatic N) is 2. The van der Waals surface area contributed by atoms with Crippen LogP contribution in [0.1, 0.15) is 56.6 Å². The first-order chi connectivity index (χ1) is 18.8. The second kappa shape index (κ2) is 12.9. The van der Waals surface area contributed by atoms with Crippen LogP contribution >= 0.6 is 23.2 Å². The Labute approximate surface area is 241 Å². The van der Waals surface area contributed by atoms with Crippen LogP contribution in [0.3, 0.4) is 0 Å². The van der Waals surface area contributed by atoms with Crippen LogP contribution in [0.2, 0.25) is 10.0 Å². The Morgan fingerprint density at radius 3 is 2.36 bits per heavy atom. The molecule has 1 amide bonds. The molecule has 2 heterocycles. The minimum Gasteiger partial charge on any atom is -0.379 e. The van der Waals surface area contributed by atoms with Gasteiger partial charge in [0.2, 0.25) is 15.9 Å². The Kier molecular flexibility index (Phi) is 9.52. The van der Waals surface area contributed by atoms with E-state index in [0.717, 1.165) is 58.4 Å².